The Balaban J connectivity index is 1.66. The van der Waals surface area contributed by atoms with E-state index in [1.165, 1.54) is 30.5 Å². The highest BCUT2D eigenvalue weighted by Gasteiger charge is 2.29. The first-order chi connectivity index (χ1) is 11.9. The van der Waals surface area contributed by atoms with E-state index in [0.717, 1.165) is 0 Å². The van der Waals surface area contributed by atoms with Crippen LogP contribution in [0.4, 0.5) is 4.39 Å². The lowest BCUT2D eigenvalue weighted by molar-refractivity contribution is -0.146. The minimum atomic E-state index is -0.442. The molecule has 25 heavy (non-hydrogen) atoms. The van der Waals surface area contributed by atoms with Crippen LogP contribution in [0, 0.1) is 5.82 Å². The predicted molar refractivity (Wildman–Crippen MR) is 90.0 cm³/mol. The fourth-order valence-electron chi connectivity index (χ4n) is 2.96. The van der Waals surface area contributed by atoms with Gasteiger partial charge in [-0.2, -0.15) is 5.10 Å². The van der Waals surface area contributed by atoms with Crippen LogP contribution in [0.2, 0.25) is 0 Å². The molecule has 0 bridgehead atoms. The van der Waals surface area contributed by atoms with E-state index in [-0.39, 0.29) is 23.9 Å². The Kier molecular flexibility index (Phi) is 5.03. The molecule has 0 saturated carbocycles. The molecule has 7 heteroatoms. The molecule has 0 radical (unpaired) electrons. The van der Waals surface area contributed by atoms with Crippen LogP contribution in [0.25, 0.3) is 0 Å². The maximum atomic E-state index is 12.9. The van der Waals surface area contributed by atoms with E-state index in [1.54, 1.807) is 10.9 Å². The second-order valence-corrected chi connectivity index (χ2v) is 6.39. The van der Waals surface area contributed by atoms with Gasteiger partial charge in [0.25, 0.3) is 0 Å². The van der Waals surface area contributed by atoms with Crippen molar-refractivity contribution < 1.29 is 18.7 Å². The molecule has 1 amide bonds. The molecule has 0 aliphatic carbocycles. The van der Waals surface area contributed by atoms with Crippen LogP contribution in [0.1, 0.15) is 26.8 Å². The van der Waals surface area contributed by atoms with Gasteiger partial charge in [-0.1, -0.05) is 0 Å². The molecular weight excluding hydrogens is 325 g/mol. The highest BCUT2D eigenvalue weighted by atomic mass is 19.1. The predicted octanol–water partition coefficient (Wildman–Crippen LogP) is 3.01. The summed E-state index contributed by atoms with van der Waals surface area (Å²) in [5, 5.41) is 4.22. The fraction of sp³-hybridized carbons (Fsp3) is 0.444. The van der Waals surface area contributed by atoms with Gasteiger partial charge >= 0.3 is 0 Å². The number of morpholine rings is 1. The zero-order chi connectivity index (χ0) is 18.0. The zero-order valence-corrected chi connectivity index (χ0v) is 14.6. The van der Waals surface area contributed by atoms with E-state index in [4.69, 9.17) is 9.47 Å². The van der Waals surface area contributed by atoms with Crippen LogP contribution in [-0.4, -0.2) is 45.9 Å². The van der Waals surface area contributed by atoms with E-state index in [0.29, 0.717) is 24.6 Å². The van der Waals surface area contributed by atoms with Crippen molar-refractivity contribution in [2.24, 2.45) is 0 Å². The quantitative estimate of drug-likeness (QED) is 0.853. The number of ether oxygens (including phenoxy) is 2. The number of hydrogen-bond donors (Lipinski definition) is 0. The second-order valence-electron chi connectivity index (χ2n) is 6.39. The number of hydrogen-bond acceptors (Lipinski definition) is 4. The Hall–Kier alpha value is -2.41. The number of aromatic nitrogens is 2. The third-order valence-corrected chi connectivity index (χ3v) is 4.11. The van der Waals surface area contributed by atoms with Gasteiger partial charge in [-0.3, -0.25) is 9.48 Å². The van der Waals surface area contributed by atoms with E-state index < -0.39 is 6.04 Å². The molecule has 1 aromatic heterocycles. The van der Waals surface area contributed by atoms with Gasteiger partial charge in [-0.25, -0.2) is 4.39 Å². The van der Waals surface area contributed by atoms with Crippen LogP contribution in [-0.2, 0) is 9.53 Å². The van der Waals surface area contributed by atoms with Gasteiger partial charge in [0, 0.05) is 13.1 Å². The van der Waals surface area contributed by atoms with Gasteiger partial charge in [0.15, 0.2) is 5.75 Å². The molecule has 1 aliphatic heterocycles. The lowest BCUT2D eigenvalue weighted by Crippen LogP contribution is -2.50. The molecule has 1 aliphatic rings. The molecule has 6 nitrogen and oxygen atoms in total. The van der Waals surface area contributed by atoms with Gasteiger partial charge < -0.3 is 14.4 Å². The summed E-state index contributed by atoms with van der Waals surface area (Å²) in [5.41, 5.74) is 0. The highest BCUT2D eigenvalue weighted by Crippen LogP contribution is 2.23. The Morgan fingerprint density at radius 2 is 1.88 bits per heavy atom. The molecule has 0 spiro atoms. The number of carbonyl (C=O) groups excluding carboxylic acids is 1. The van der Waals surface area contributed by atoms with E-state index >= 15 is 0 Å². The van der Waals surface area contributed by atoms with Gasteiger partial charge in [-0.05, 0) is 45.0 Å². The van der Waals surface area contributed by atoms with Crippen molar-refractivity contribution in [3.05, 3.63) is 42.5 Å². The average Bonchev–Trinajstić information content (AvgIpc) is 3.03. The molecule has 1 fully saturated rings. The van der Waals surface area contributed by atoms with Gasteiger partial charge in [0.2, 0.25) is 5.91 Å². The summed E-state index contributed by atoms with van der Waals surface area (Å²) >= 11 is 0. The Labute approximate surface area is 146 Å². The highest BCUT2D eigenvalue weighted by molar-refractivity contribution is 5.80. The van der Waals surface area contributed by atoms with Crippen molar-refractivity contribution in [3.8, 4) is 11.5 Å². The molecule has 3 atom stereocenters. The van der Waals surface area contributed by atoms with Crippen LogP contribution in [0.5, 0.6) is 11.5 Å². The molecule has 3 unspecified atom stereocenters. The number of amides is 1. The number of benzene rings is 1. The molecule has 2 heterocycles. The summed E-state index contributed by atoms with van der Waals surface area (Å²) in [6.07, 6.45) is 3.25. The normalized spacial score (nSPS) is 21.8. The van der Waals surface area contributed by atoms with Crippen molar-refractivity contribution in [3.63, 3.8) is 0 Å². The van der Waals surface area contributed by atoms with Crippen molar-refractivity contribution in [2.75, 3.05) is 13.1 Å². The van der Waals surface area contributed by atoms with Gasteiger partial charge in [0.05, 0.1) is 24.6 Å². The van der Waals surface area contributed by atoms with Crippen molar-refractivity contribution in [2.45, 2.75) is 39.0 Å². The van der Waals surface area contributed by atoms with Crippen molar-refractivity contribution in [1.82, 2.24) is 14.7 Å². The summed E-state index contributed by atoms with van der Waals surface area (Å²) in [4.78, 5) is 14.5. The van der Waals surface area contributed by atoms with E-state index in [1.807, 2.05) is 25.7 Å². The van der Waals surface area contributed by atoms with Gasteiger partial charge in [-0.15, -0.1) is 0 Å². The Bertz CT molecular complexity index is 721. The van der Waals surface area contributed by atoms with E-state index in [9.17, 15) is 9.18 Å². The monoisotopic (exact) mass is 347 g/mol. The number of nitrogens with zero attached hydrogens (tertiary/aromatic N) is 3. The minimum Gasteiger partial charge on any atom is -0.454 e. The summed E-state index contributed by atoms with van der Waals surface area (Å²) in [7, 11) is 0. The second kappa shape index (κ2) is 7.23. The third-order valence-electron chi connectivity index (χ3n) is 4.11. The molecule has 1 aromatic carbocycles. The minimum absolute atomic E-state index is 0.00145. The first-order valence-electron chi connectivity index (χ1n) is 8.34. The summed E-state index contributed by atoms with van der Waals surface area (Å²) in [6.45, 7) is 6.88. The summed E-state index contributed by atoms with van der Waals surface area (Å²) < 4.78 is 25.8. The SMILES string of the molecule is CC1CN(C(=O)C(C)n2cc(Oc3ccc(F)cc3)cn2)CC(C)O1. The topological polar surface area (TPSA) is 56.6 Å². The molecular formula is C18H22FN3O3. The molecule has 2 aromatic rings. The van der Waals surface area contributed by atoms with Gasteiger partial charge in [0.1, 0.15) is 17.6 Å². The van der Waals surface area contributed by atoms with Crippen LogP contribution in [0.3, 0.4) is 0 Å². The Morgan fingerprint density at radius 3 is 2.52 bits per heavy atom. The number of carbonyl (C=O) groups is 1. The zero-order valence-electron chi connectivity index (χ0n) is 14.6. The van der Waals surface area contributed by atoms with Crippen LogP contribution >= 0.6 is 0 Å². The maximum Gasteiger partial charge on any atom is 0.247 e. The van der Waals surface area contributed by atoms with Crippen molar-refractivity contribution in [1.29, 1.82) is 0 Å². The summed E-state index contributed by atoms with van der Waals surface area (Å²) in [5.74, 6) is 0.681. The smallest absolute Gasteiger partial charge is 0.247 e. The first kappa shape index (κ1) is 17.4. The molecule has 3 rings (SSSR count). The molecule has 0 N–H and O–H groups in total. The Morgan fingerprint density at radius 1 is 1.24 bits per heavy atom. The van der Waals surface area contributed by atoms with Crippen molar-refractivity contribution >= 4 is 5.91 Å². The first-order valence-corrected chi connectivity index (χ1v) is 8.34. The third kappa shape index (κ3) is 4.17. The van der Waals surface area contributed by atoms with Crippen LogP contribution < -0.4 is 4.74 Å². The maximum absolute atomic E-state index is 12.9. The van der Waals surface area contributed by atoms with Crippen LogP contribution in [0.15, 0.2) is 36.7 Å². The van der Waals surface area contributed by atoms with E-state index in [2.05, 4.69) is 5.10 Å². The summed E-state index contributed by atoms with van der Waals surface area (Å²) in [6, 6.07) is 5.29. The fourth-order valence-corrected chi connectivity index (χ4v) is 2.96. The molecule has 1 saturated heterocycles. The number of rotatable bonds is 4. The molecule has 134 valence electrons. The largest absolute Gasteiger partial charge is 0.454 e. The number of halogens is 1. The lowest BCUT2D eigenvalue weighted by atomic mass is 10.2. The standard InChI is InChI=1S/C18H22FN3O3/c1-12-9-21(10-13(2)24-12)18(23)14(3)22-11-17(8-20-22)25-16-6-4-15(19)5-7-16/h4-8,11-14H,9-10H2,1-3H3. The lowest BCUT2D eigenvalue weighted by Gasteiger charge is -2.36. The average molecular weight is 347 g/mol.